The van der Waals surface area contributed by atoms with E-state index in [1.54, 1.807) is 16.7 Å². The third kappa shape index (κ3) is 4.35. The first-order valence-electron chi connectivity index (χ1n) is 10.3. The van der Waals surface area contributed by atoms with Crippen LogP contribution >= 0.6 is 11.6 Å². The van der Waals surface area contributed by atoms with Crippen LogP contribution in [0.3, 0.4) is 0 Å². The Balaban J connectivity index is 1.64. The second kappa shape index (κ2) is 8.92. The van der Waals surface area contributed by atoms with Gasteiger partial charge < -0.3 is 0 Å². The van der Waals surface area contributed by atoms with Gasteiger partial charge in [0.1, 0.15) is 0 Å². The van der Waals surface area contributed by atoms with Crippen molar-refractivity contribution >= 4 is 18.0 Å². The number of rotatable bonds is 5. The molecule has 0 aromatic heterocycles. The van der Waals surface area contributed by atoms with Crippen LogP contribution in [0, 0.1) is 0 Å². The predicted molar refractivity (Wildman–Crippen MR) is 122 cm³/mol. The van der Waals surface area contributed by atoms with Gasteiger partial charge in [-0.3, -0.25) is 0 Å². The van der Waals surface area contributed by atoms with Gasteiger partial charge in [0, 0.05) is 0 Å². The number of hydrogen-bond donors (Lipinski definition) is 2. The van der Waals surface area contributed by atoms with Crippen molar-refractivity contribution < 1.29 is 29.3 Å². The fourth-order valence-corrected chi connectivity index (χ4v) is 8.39. The van der Waals surface area contributed by atoms with Crippen LogP contribution in [-0.2, 0) is 30.7 Å². The summed E-state index contributed by atoms with van der Waals surface area (Å²) in [6, 6.07) is 24.8. The molecule has 0 spiro atoms. The molecule has 2 aliphatic rings. The molecule has 0 unspecified atom stereocenters. The average molecular weight is 540 g/mol. The van der Waals surface area contributed by atoms with Crippen molar-refractivity contribution in [3.05, 3.63) is 112 Å². The van der Waals surface area contributed by atoms with E-state index in [1.165, 1.54) is 3.12 Å². The van der Waals surface area contributed by atoms with Gasteiger partial charge in [0.15, 0.2) is 0 Å². The second-order valence-electron chi connectivity index (χ2n) is 7.72. The van der Waals surface area contributed by atoms with Crippen LogP contribution in [0.4, 0.5) is 0 Å². The van der Waals surface area contributed by atoms with E-state index < -0.39 is 24.2 Å². The van der Waals surface area contributed by atoms with Gasteiger partial charge in [-0.2, -0.15) is 0 Å². The summed E-state index contributed by atoms with van der Waals surface area (Å²) in [6.07, 6.45) is 2.30. The first kappa shape index (κ1) is 21.0. The molecule has 0 radical (unpaired) electrons. The molecule has 0 bridgehead atoms. The SMILES string of the molecule is O=c1c(Cc2ccccc2)nc2[c]([Cd][c]3ccc(Cl)cc3)[nH]c(-c3ccc(O)cc3)cn1-2. The molecule has 0 saturated carbocycles. The molecule has 32 heavy (non-hydrogen) atoms. The number of halogens is 1. The monoisotopic (exact) mass is 541 g/mol. The number of imidazole rings is 1. The normalized spacial score (nSPS) is 10.9. The maximum absolute atomic E-state index is 13.3. The van der Waals surface area contributed by atoms with Crippen LogP contribution < -0.4 is 11.9 Å². The fourth-order valence-electron chi connectivity index (χ4n) is 3.80. The van der Waals surface area contributed by atoms with Gasteiger partial charge in [0.2, 0.25) is 0 Å². The van der Waals surface area contributed by atoms with E-state index in [1.807, 2.05) is 60.8 Å². The van der Waals surface area contributed by atoms with Crippen molar-refractivity contribution in [3.63, 3.8) is 0 Å². The summed E-state index contributed by atoms with van der Waals surface area (Å²) in [7, 11) is 0. The van der Waals surface area contributed by atoms with Gasteiger partial charge in [0.25, 0.3) is 0 Å². The average Bonchev–Trinajstić information content (AvgIpc) is 3.12. The summed E-state index contributed by atoms with van der Waals surface area (Å²) < 4.78 is 3.97. The van der Waals surface area contributed by atoms with E-state index in [0.717, 1.165) is 20.1 Å². The summed E-state index contributed by atoms with van der Waals surface area (Å²) in [5.41, 5.74) is 3.21. The van der Waals surface area contributed by atoms with E-state index >= 15 is 0 Å². The van der Waals surface area contributed by atoms with Gasteiger partial charge in [-0.25, -0.2) is 0 Å². The van der Waals surface area contributed by atoms with Crippen molar-refractivity contribution in [2.75, 3.05) is 0 Å². The Kier molecular flexibility index (Phi) is 5.84. The Morgan fingerprint density at radius 3 is 2.41 bits per heavy atom. The third-order valence-corrected chi connectivity index (χ3v) is 10.6. The van der Waals surface area contributed by atoms with Crippen LogP contribution in [0.2, 0.25) is 5.02 Å². The number of phenolic OH excluding ortho intramolecular Hbond substituents is 1. The molecular formula is C25H18CdClN3O2. The molecule has 2 N–H and O–H groups in total. The van der Waals surface area contributed by atoms with Crippen molar-refractivity contribution in [2.45, 2.75) is 6.42 Å². The van der Waals surface area contributed by atoms with E-state index in [0.29, 0.717) is 23.0 Å². The molecule has 0 amide bonds. The molecule has 2 aliphatic heterocycles. The number of phenols is 1. The quantitative estimate of drug-likeness (QED) is 0.335. The zero-order valence-corrected chi connectivity index (χ0v) is 21.9. The number of H-pyrrole nitrogens is 1. The van der Waals surface area contributed by atoms with Crippen molar-refractivity contribution in [3.8, 4) is 22.8 Å². The number of fused-ring (bicyclic) bond motifs is 1. The molecular weight excluding hydrogens is 522 g/mol. The van der Waals surface area contributed by atoms with Crippen LogP contribution in [0.25, 0.3) is 17.1 Å². The predicted octanol–water partition coefficient (Wildman–Crippen LogP) is 3.65. The Morgan fingerprint density at radius 2 is 1.69 bits per heavy atom. The third-order valence-electron chi connectivity index (χ3n) is 5.44. The van der Waals surface area contributed by atoms with Crippen LogP contribution in [0.15, 0.2) is 89.9 Å². The van der Waals surface area contributed by atoms with E-state index in [2.05, 4.69) is 17.1 Å². The van der Waals surface area contributed by atoms with Gasteiger partial charge in [-0.1, -0.05) is 0 Å². The van der Waals surface area contributed by atoms with Gasteiger partial charge in [-0.05, 0) is 0 Å². The molecule has 0 atom stereocenters. The minimum absolute atomic E-state index is 0.0958. The number of aromatic amines is 1. The molecule has 7 heteroatoms. The Hall–Kier alpha value is -2.91. The number of aromatic hydroxyl groups is 1. The topological polar surface area (TPSA) is 70.9 Å². The molecule has 5 nitrogen and oxygen atoms in total. The van der Waals surface area contributed by atoms with E-state index in [-0.39, 0.29) is 11.3 Å². The summed E-state index contributed by atoms with van der Waals surface area (Å²) in [4.78, 5) is 21.6. The van der Waals surface area contributed by atoms with E-state index in [9.17, 15) is 9.90 Å². The summed E-state index contributed by atoms with van der Waals surface area (Å²) in [6.45, 7) is 0. The number of hydrogen-bond acceptors (Lipinski definition) is 3. The Morgan fingerprint density at radius 1 is 0.969 bits per heavy atom. The maximum atomic E-state index is 13.3. The Bertz CT molecular complexity index is 1390. The zero-order valence-electron chi connectivity index (χ0n) is 17.1. The van der Waals surface area contributed by atoms with Crippen LogP contribution in [0.5, 0.6) is 5.75 Å². The summed E-state index contributed by atoms with van der Waals surface area (Å²) in [5.74, 6) is 0.905. The van der Waals surface area contributed by atoms with Crippen molar-refractivity contribution in [1.82, 2.24) is 14.5 Å². The van der Waals surface area contributed by atoms with Gasteiger partial charge in [-0.15, -0.1) is 0 Å². The van der Waals surface area contributed by atoms with Gasteiger partial charge >= 0.3 is 203 Å². The molecule has 0 fully saturated rings. The number of nitrogens with one attached hydrogen (secondary N) is 1. The molecule has 5 rings (SSSR count). The molecule has 154 valence electrons. The molecule has 3 aromatic rings. The minimum atomic E-state index is -1.75. The zero-order chi connectivity index (χ0) is 22.1. The standard InChI is InChI=1S/C19H14N3O2.C6H4Cl.Cd/c23-15-8-6-14(7-9-15)17-12-22-18(11-20-17)21-16(19(22)24)10-13-4-2-1-3-5-13;7-6-4-2-1-3-5-6;/h1-9,12,20,23H,10H2;2-5H;. The fraction of sp³-hybridized carbons (Fsp3) is 0.0400. The summed E-state index contributed by atoms with van der Waals surface area (Å²) >= 11 is 4.32. The van der Waals surface area contributed by atoms with Crippen LogP contribution in [0.1, 0.15) is 11.3 Å². The molecule has 0 aliphatic carbocycles. The molecule has 0 saturated heterocycles. The first-order chi connectivity index (χ1) is 15.6. The summed E-state index contributed by atoms with van der Waals surface area (Å²) in [5, 5.41) is 10.4. The van der Waals surface area contributed by atoms with E-state index in [4.69, 9.17) is 16.6 Å². The number of aromatic nitrogens is 3. The number of nitrogens with zero attached hydrogens (tertiary/aromatic N) is 2. The Labute approximate surface area is 201 Å². The number of benzene rings is 3. The second-order valence-corrected chi connectivity index (χ2v) is 13.5. The van der Waals surface area contributed by atoms with Gasteiger partial charge in [0.05, 0.1) is 0 Å². The molecule has 3 aromatic carbocycles. The van der Waals surface area contributed by atoms with Crippen molar-refractivity contribution in [1.29, 1.82) is 0 Å². The van der Waals surface area contributed by atoms with Crippen molar-refractivity contribution in [2.24, 2.45) is 0 Å². The first-order valence-corrected chi connectivity index (χ1v) is 14.7. The van der Waals surface area contributed by atoms with Crippen LogP contribution in [-0.4, -0.2) is 19.6 Å². The molecule has 2 heterocycles.